The van der Waals surface area contributed by atoms with Gasteiger partial charge in [-0.15, -0.1) is 0 Å². The minimum absolute atomic E-state index is 0.0691. The Bertz CT molecular complexity index is 934. The number of fused-ring (bicyclic) bond motifs is 5. The number of rotatable bonds is 4. The molecule has 0 unspecified atom stereocenters. The highest BCUT2D eigenvalue weighted by molar-refractivity contribution is 9.10. The second-order valence-corrected chi connectivity index (χ2v) is 12.9. The number of methoxy groups -OCH3 is 1. The third kappa shape index (κ3) is 3.67. The van der Waals surface area contributed by atoms with Crippen LogP contribution in [0.2, 0.25) is 0 Å². The lowest BCUT2D eigenvalue weighted by atomic mass is 9.44. The number of hydrogen-bond acceptors (Lipinski definition) is 4. The van der Waals surface area contributed by atoms with E-state index in [4.69, 9.17) is 4.74 Å². The zero-order valence-corrected chi connectivity index (χ0v) is 22.0. The Morgan fingerprint density at radius 1 is 1.06 bits per heavy atom. The Morgan fingerprint density at radius 3 is 2.64 bits per heavy atom. The first kappa shape index (κ1) is 23.7. The fraction of sp³-hybridized carbons (Fsp3) is 0.750. The highest BCUT2D eigenvalue weighted by Gasteiger charge is 2.64. The van der Waals surface area contributed by atoms with Gasteiger partial charge in [-0.1, -0.05) is 42.6 Å². The standard InChI is InChI=1S/C28H40BrNO3/c1-26-11-5-4-6-19(26)7-8-21-22(26)9-12-27(2)23(21)10-13-28(27,32)17-30-16-18-14-20(29)15-24(33-3)25(18)31/h14-16,19,21-23,31-32H,4-13,17H2,1-3H3/t19-,21-,22-,23+,26-,27+,28-/m0/s1. The minimum atomic E-state index is -0.769. The summed E-state index contributed by atoms with van der Waals surface area (Å²) in [5.41, 5.74) is 0.297. The van der Waals surface area contributed by atoms with Crippen LogP contribution in [0.5, 0.6) is 11.5 Å². The summed E-state index contributed by atoms with van der Waals surface area (Å²) < 4.78 is 6.09. The second-order valence-electron chi connectivity index (χ2n) is 11.9. The molecule has 5 rings (SSSR count). The number of hydrogen-bond donors (Lipinski definition) is 2. The molecular formula is C28H40BrNO3. The van der Waals surface area contributed by atoms with Crippen molar-refractivity contribution in [2.75, 3.05) is 13.7 Å². The number of halogens is 1. The summed E-state index contributed by atoms with van der Waals surface area (Å²) in [6, 6.07) is 3.57. The molecule has 0 bridgehead atoms. The van der Waals surface area contributed by atoms with E-state index in [1.807, 2.05) is 6.07 Å². The number of aliphatic imine (C=N–C) groups is 1. The van der Waals surface area contributed by atoms with Gasteiger partial charge >= 0.3 is 0 Å². The van der Waals surface area contributed by atoms with Crippen LogP contribution >= 0.6 is 15.9 Å². The van der Waals surface area contributed by atoms with Gasteiger partial charge in [0.05, 0.1) is 19.3 Å². The Kier molecular flexibility index (Phi) is 6.13. The quantitative estimate of drug-likeness (QED) is 0.434. The van der Waals surface area contributed by atoms with Gasteiger partial charge in [0.15, 0.2) is 11.5 Å². The maximum Gasteiger partial charge on any atom is 0.166 e. The Morgan fingerprint density at radius 2 is 1.85 bits per heavy atom. The molecule has 4 fully saturated rings. The van der Waals surface area contributed by atoms with E-state index < -0.39 is 5.60 Å². The molecule has 0 aliphatic heterocycles. The third-order valence-electron chi connectivity index (χ3n) is 10.8. The number of nitrogens with zero attached hydrogens (tertiary/aromatic N) is 1. The van der Waals surface area contributed by atoms with Gasteiger partial charge in [-0.05, 0) is 92.6 Å². The second kappa shape index (κ2) is 8.55. The van der Waals surface area contributed by atoms with Crippen LogP contribution in [0.4, 0.5) is 0 Å². The van der Waals surface area contributed by atoms with Crippen LogP contribution in [0.15, 0.2) is 21.6 Å². The highest BCUT2D eigenvalue weighted by atomic mass is 79.9. The Labute approximate surface area is 207 Å². The lowest BCUT2D eigenvalue weighted by molar-refractivity contribution is -0.147. The number of aliphatic hydroxyl groups is 1. The van der Waals surface area contributed by atoms with Crippen molar-refractivity contribution >= 4 is 22.1 Å². The van der Waals surface area contributed by atoms with E-state index >= 15 is 0 Å². The first-order valence-corrected chi connectivity index (χ1v) is 13.8. The maximum absolute atomic E-state index is 11.9. The highest BCUT2D eigenvalue weighted by Crippen LogP contribution is 2.68. The summed E-state index contributed by atoms with van der Waals surface area (Å²) in [4.78, 5) is 4.68. The molecule has 4 aliphatic rings. The molecule has 4 aliphatic carbocycles. The van der Waals surface area contributed by atoms with Crippen molar-refractivity contribution in [3.8, 4) is 11.5 Å². The fourth-order valence-corrected chi connectivity index (χ4v) is 9.26. The molecule has 0 spiro atoms. The van der Waals surface area contributed by atoms with E-state index in [0.717, 1.165) is 41.5 Å². The minimum Gasteiger partial charge on any atom is -0.504 e. The van der Waals surface area contributed by atoms with Crippen molar-refractivity contribution < 1.29 is 14.9 Å². The van der Waals surface area contributed by atoms with Gasteiger partial charge in [-0.25, -0.2) is 0 Å². The van der Waals surface area contributed by atoms with Gasteiger partial charge in [0.25, 0.3) is 0 Å². The van der Waals surface area contributed by atoms with Gasteiger partial charge in [-0.2, -0.15) is 0 Å². The van der Waals surface area contributed by atoms with Crippen LogP contribution < -0.4 is 4.74 Å². The van der Waals surface area contributed by atoms with Crippen molar-refractivity contribution in [1.82, 2.24) is 0 Å². The summed E-state index contributed by atoms with van der Waals surface area (Å²) in [7, 11) is 1.54. The molecular weight excluding hydrogens is 478 g/mol. The van der Waals surface area contributed by atoms with Crippen LogP contribution in [0.25, 0.3) is 0 Å². The van der Waals surface area contributed by atoms with E-state index in [9.17, 15) is 10.2 Å². The molecule has 5 heteroatoms. The summed E-state index contributed by atoms with van der Waals surface area (Å²) in [6.45, 7) is 5.36. The van der Waals surface area contributed by atoms with Crippen molar-refractivity contribution in [2.45, 2.75) is 83.7 Å². The van der Waals surface area contributed by atoms with E-state index in [2.05, 4.69) is 34.8 Å². The van der Waals surface area contributed by atoms with Gasteiger partial charge in [0, 0.05) is 21.7 Å². The summed E-state index contributed by atoms with van der Waals surface area (Å²) in [5.74, 6) is 3.64. The predicted molar refractivity (Wildman–Crippen MR) is 136 cm³/mol. The fourth-order valence-electron chi connectivity index (χ4n) is 8.81. The first-order chi connectivity index (χ1) is 15.7. The number of phenolic OH excluding ortho intramolecular Hbond substituents is 1. The largest absolute Gasteiger partial charge is 0.504 e. The molecule has 0 aromatic heterocycles. The van der Waals surface area contributed by atoms with Crippen LogP contribution in [-0.2, 0) is 0 Å². The summed E-state index contributed by atoms with van der Waals surface area (Å²) >= 11 is 3.47. The molecule has 0 heterocycles. The maximum atomic E-state index is 11.9. The molecule has 4 saturated carbocycles. The van der Waals surface area contributed by atoms with Gasteiger partial charge in [0.2, 0.25) is 0 Å². The van der Waals surface area contributed by atoms with Crippen molar-refractivity contribution in [1.29, 1.82) is 0 Å². The molecule has 1 aromatic carbocycles. The average Bonchev–Trinajstić information content (AvgIpc) is 3.06. The molecule has 0 radical (unpaired) electrons. The molecule has 0 amide bonds. The number of aromatic hydroxyl groups is 1. The summed E-state index contributed by atoms with van der Waals surface area (Å²) in [5, 5.41) is 22.4. The number of phenols is 1. The average molecular weight is 519 g/mol. The number of ether oxygens (including phenoxy) is 1. The predicted octanol–water partition coefficient (Wildman–Crippen LogP) is 6.75. The van der Waals surface area contributed by atoms with Gasteiger partial charge in [-0.3, -0.25) is 4.99 Å². The van der Waals surface area contributed by atoms with Gasteiger partial charge < -0.3 is 14.9 Å². The molecule has 182 valence electrons. The SMILES string of the molecule is COc1cc(Br)cc(C=NC[C@@]2(O)CC[C@@H]3[C@H]4CC[C@@H]5CCCC[C@]5(C)[C@H]4CC[C@]32C)c1O. The molecule has 2 N–H and O–H groups in total. The van der Waals surface area contributed by atoms with E-state index in [1.165, 1.54) is 44.9 Å². The first-order valence-electron chi connectivity index (χ1n) is 13.0. The van der Waals surface area contributed by atoms with E-state index in [0.29, 0.717) is 29.2 Å². The Hall–Kier alpha value is -1.07. The monoisotopic (exact) mass is 517 g/mol. The van der Waals surface area contributed by atoms with E-state index in [-0.39, 0.29) is 11.2 Å². The van der Waals surface area contributed by atoms with E-state index in [1.54, 1.807) is 19.4 Å². The van der Waals surface area contributed by atoms with Crippen LogP contribution in [0.3, 0.4) is 0 Å². The summed E-state index contributed by atoms with van der Waals surface area (Å²) in [6.07, 6.45) is 14.5. The molecule has 7 atom stereocenters. The van der Waals surface area contributed by atoms with Crippen molar-refractivity contribution in [3.63, 3.8) is 0 Å². The van der Waals surface area contributed by atoms with Gasteiger partial charge in [0.1, 0.15) is 0 Å². The van der Waals surface area contributed by atoms with Crippen molar-refractivity contribution in [2.24, 2.45) is 39.5 Å². The molecule has 1 aromatic rings. The Balaban J connectivity index is 1.35. The van der Waals surface area contributed by atoms with Crippen LogP contribution in [-0.4, -0.2) is 35.7 Å². The van der Waals surface area contributed by atoms with Crippen LogP contribution in [0.1, 0.15) is 83.6 Å². The third-order valence-corrected chi connectivity index (χ3v) is 11.2. The lowest BCUT2D eigenvalue weighted by Gasteiger charge is -2.61. The zero-order valence-electron chi connectivity index (χ0n) is 20.4. The smallest absolute Gasteiger partial charge is 0.166 e. The normalized spacial score (nSPS) is 42.6. The molecule has 4 nitrogen and oxygen atoms in total. The molecule has 0 saturated heterocycles. The topological polar surface area (TPSA) is 62.0 Å². The van der Waals surface area contributed by atoms with Crippen molar-refractivity contribution in [3.05, 3.63) is 22.2 Å². The molecule has 33 heavy (non-hydrogen) atoms. The zero-order chi connectivity index (χ0) is 23.4. The number of benzene rings is 1. The van der Waals surface area contributed by atoms with Crippen LogP contribution in [0, 0.1) is 34.5 Å². The lowest BCUT2D eigenvalue weighted by Crippen LogP contribution is -2.56.